The summed E-state index contributed by atoms with van der Waals surface area (Å²) in [6, 6.07) is 0. The van der Waals surface area contributed by atoms with Crippen LogP contribution >= 0.6 is 0 Å². The highest BCUT2D eigenvalue weighted by Gasteiger charge is 2.26. The summed E-state index contributed by atoms with van der Waals surface area (Å²) < 4.78 is 10.9. The highest BCUT2D eigenvalue weighted by atomic mass is 16.6. The molecular formula is C20H28N2O4. The number of carbonyl (C=O) groups excluding carboxylic acids is 1. The van der Waals surface area contributed by atoms with E-state index in [2.05, 4.69) is 16.4 Å². The average molecular weight is 360 g/mol. The number of nitrogens with one attached hydrogen (secondary N) is 1. The van der Waals surface area contributed by atoms with E-state index >= 15 is 0 Å². The number of rotatable bonds is 10. The first-order valence-electron chi connectivity index (χ1n) is 9.17. The third-order valence-corrected chi connectivity index (χ3v) is 4.32. The number of allylic oxidation sites excluding steroid dienone is 3. The van der Waals surface area contributed by atoms with Crippen LogP contribution in [-0.2, 0) is 19.1 Å². The molecule has 26 heavy (non-hydrogen) atoms. The fourth-order valence-corrected chi connectivity index (χ4v) is 2.75. The molecule has 0 aromatic rings. The first-order valence-corrected chi connectivity index (χ1v) is 9.17. The summed E-state index contributed by atoms with van der Waals surface area (Å²) in [6.07, 6.45) is 14.2. The van der Waals surface area contributed by atoms with Crippen molar-refractivity contribution in [1.82, 2.24) is 5.32 Å². The third-order valence-electron chi connectivity index (χ3n) is 4.32. The lowest BCUT2D eigenvalue weighted by atomic mass is 10.1. The lowest BCUT2D eigenvalue weighted by Crippen LogP contribution is -2.34. The van der Waals surface area contributed by atoms with Crippen molar-refractivity contribution in [1.29, 1.82) is 0 Å². The number of amides is 1. The van der Waals surface area contributed by atoms with Crippen LogP contribution in [0, 0.1) is 18.3 Å². The molecule has 1 fully saturated rings. The topological polar surface area (TPSA) is 69.2 Å². The minimum Gasteiger partial charge on any atom is -0.392 e. The third kappa shape index (κ3) is 7.03. The molecule has 2 unspecified atom stereocenters. The molecule has 6 nitrogen and oxygen atoms in total. The number of carbonyl (C=O) groups is 1. The number of ether oxygens (including phenoxy) is 2. The van der Waals surface area contributed by atoms with Gasteiger partial charge in [0.1, 0.15) is 11.8 Å². The van der Waals surface area contributed by atoms with Crippen LogP contribution < -0.4 is 5.32 Å². The molecule has 0 spiro atoms. The smallest absolute Gasteiger partial charge is 0.269 e. The maximum absolute atomic E-state index is 12.1. The molecule has 0 bridgehead atoms. The van der Waals surface area contributed by atoms with Gasteiger partial charge >= 0.3 is 0 Å². The van der Waals surface area contributed by atoms with Crippen molar-refractivity contribution in [3.63, 3.8) is 0 Å². The molecule has 1 amide bonds. The molecule has 0 aromatic carbocycles. The standard InChI is InChI=1S/C20H28N2O4/c1-3-5-7-16(4-2)14-24-10-6-8-18-12-19(22-26-18)20(23)21-13-17-9-11-25-15-17/h2-3,5,7,17-18H,6,8-15H2,1H3,(H,21,23)/b5-3-,16-7+. The van der Waals surface area contributed by atoms with Crippen molar-refractivity contribution in [3.8, 4) is 12.3 Å². The van der Waals surface area contributed by atoms with E-state index in [-0.39, 0.29) is 12.0 Å². The molecule has 0 aliphatic carbocycles. The summed E-state index contributed by atoms with van der Waals surface area (Å²) in [5, 5.41) is 6.84. The van der Waals surface area contributed by atoms with Gasteiger partial charge in [0.15, 0.2) is 0 Å². The van der Waals surface area contributed by atoms with E-state index in [1.807, 2.05) is 25.2 Å². The van der Waals surface area contributed by atoms with Crippen LogP contribution in [0.1, 0.15) is 32.6 Å². The highest BCUT2D eigenvalue weighted by Crippen LogP contribution is 2.16. The molecular weight excluding hydrogens is 332 g/mol. The van der Waals surface area contributed by atoms with Crippen molar-refractivity contribution >= 4 is 11.6 Å². The minimum atomic E-state index is -0.136. The van der Waals surface area contributed by atoms with E-state index in [9.17, 15) is 4.79 Å². The Morgan fingerprint density at radius 1 is 1.54 bits per heavy atom. The van der Waals surface area contributed by atoms with Crippen molar-refractivity contribution in [3.05, 3.63) is 23.8 Å². The first kappa shape index (κ1) is 20.2. The first-order chi connectivity index (χ1) is 12.7. The molecule has 0 aromatic heterocycles. The molecule has 2 rings (SSSR count). The number of hydrogen-bond acceptors (Lipinski definition) is 5. The lowest BCUT2D eigenvalue weighted by molar-refractivity contribution is -0.115. The second-order valence-electron chi connectivity index (χ2n) is 6.47. The van der Waals surface area contributed by atoms with Gasteiger partial charge in [0, 0.05) is 37.7 Å². The van der Waals surface area contributed by atoms with Crippen LogP contribution in [0.15, 0.2) is 29.0 Å². The van der Waals surface area contributed by atoms with Crippen LogP contribution in [0.3, 0.4) is 0 Å². The number of nitrogens with zero attached hydrogens (tertiary/aromatic N) is 1. The number of hydrogen-bond donors (Lipinski definition) is 1. The fourth-order valence-electron chi connectivity index (χ4n) is 2.75. The zero-order chi connectivity index (χ0) is 18.6. The summed E-state index contributed by atoms with van der Waals surface area (Å²) >= 11 is 0. The molecule has 6 heteroatoms. The molecule has 0 radical (unpaired) electrons. The van der Waals surface area contributed by atoms with Crippen molar-refractivity contribution in [2.24, 2.45) is 11.1 Å². The Bertz CT molecular complexity index is 583. The van der Waals surface area contributed by atoms with Gasteiger partial charge in [-0.05, 0) is 32.3 Å². The van der Waals surface area contributed by atoms with Gasteiger partial charge in [-0.2, -0.15) is 0 Å². The van der Waals surface area contributed by atoms with Crippen LogP contribution in [-0.4, -0.2) is 50.7 Å². The van der Waals surface area contributed by atoms with Gasteiger partial charge < -0.3 is 19.6 Å². The van der Waals surface area contributed by atoms with Gasteiger partial charge in [-0.25, -0.2) is 0 Å². The van der Waals surface area contributed by atoms with E-state index in [0.29, 0.717) is 37.8 Å². The van der Waals surface area contributed by atoms with Gasteiger partial charge in [0.25, 0.3) is 5.91 Å². The maximum Gasteiger partial charge on any atom is 0.269 e. The van der Waals surface area contributed by atoms with E-state index in [1.165, 1.54) is 0 Å². The van der Waals surface area contributed by atoms with Gasteiger partial charge in [-0.1, -0.05) is 23.2 Å². The quantitative estimate of drug-likeness (QED) is 0.368. The summed E-state index contributed by atoms with van der Waals surface area (Å²) in [5.41, 5.74) is 1.29. The van der Waals surface area contributed by atoms with Crippen LogP contribution in [0.4, 0.5) is 0 Å². The Hall–Kier alpha value is -2.10. The molecule has 1 N–H and O–H groups in total. The monoisotopic (exact) mass is 360 g/mol. The van der Waals surface area contributed by atoms with Crippen LogP contribution in [0.5, 0.6) is 0 Å². The number of oxime groups is 1. The fraction of sp³-hybridized carbons (Fsp3) is 0.600. The maximum atomic E-state index is 12.1. The molecule has 1 saturated heterocycles. The zero-order valence-electron chi connectivity index (χ0n) is 15.4. The second-order valence-corrected chi connectivity index (χ2v) is 6.47. The predicted molar refractivity (Wildman–Crippen MR) is 101 cm³/mol. The predicted octanol–water partition coefficient (Wildman–Crippen LogP) is 2.22. The van der Waals surface area contributed by atoms with E-state index in [0.717, 1.165) is 38.0 Å². The van der Waals surface area contributed by atoms with Gasteiger partial charge in [0.05, 0.1) is 13.2 Å². The molecule has 2 atom stereocenters. The normalized spacial score (nSPS) is 22.9. The lowest BCUT2D eigenvalue weighted by Gasteiger charge is -2.09. The molecule has 2 aliphatic rings. The average Bonchev–Trinajstić information content (AvgIpc) is 3.34. The Kier molecular flexibility index (Phi) is 8.94. The van der Waals surface area contributed by atoms with Gasteiger partial charge in [-0.15, -0.1) is 6.42 Å². The van der Waals surface area contributed by atoms with Crippen LogP contribution in [0.2, 0.25) is 0 Å². The molecule has 142 valence electrons. The summed E-state index contributed by atoms with van der Waals surface area (Å²) in [5.74, 6) is 2.88. The Balaban J connectivity index is 1.55. The Morgan fingerprint density at radius 2 is 2.42 bits per heavy atom. The van der Waals surface area contributed by atoms with Crippen molar-refractivity contribution in [2.75, 3.05) is 33.0 Å². The van der Waals surface area contributed by atoms with E-state index in [4.69, 9.17) is 20.7 Å². The zero-order valence-corrected chi connectivity index (χ0v) is 15.4. The van der Waals surface area contributed by atoms with Crippen LogP contribution in [0.25, 0.3) is 0 Å². The minimum absolute atomic E-state index is 0.0557. The number of terminal acetylenes is 1. The molecule has 2 heterocycles. The van der Waals surface area contributed by atoms with Gasteiger partial charge in [-0.3, -0.25) is 4.79 Å². The summed E-state index contributed by atoms with van der Waals surface area (Å²) in [7, 11) is 0. The van der Waals surface area contributed by atoms with Crippen molar-refractivity contribution < 1.29 is 19.1 Å². The second kappa shape index (κ2) is 11.5. The Morgan fingerprint density at radius 3 is 3.15 bits per heavy atom. The SMILES string of the molecule is C#C/C(=C\C=C/C)COCCCC1CC(C(=O)NCC2CCOC2)=NO1. The highest BCUT2D eigenvalue weighted by molar-refractivity contribution is 6.39. The molecule has 0 saturated carbocycles. The summed E-state index contributed by atoms with van der Waals surface area (Å²) in [4.78, 5) is 17.5. The largest absolute Gasteiger partial charge is 0.392 e. The Labute approximate surface area is 155 Å². The van der Waals surface area contributed by atoms with E-state index < -0.39 is 0 Å². The summed E-state index contributed by atoms with van der Waals surface area (Å²) in [6.45, 7) is 5.10. The van der Waals surface area contributed by atoms with Gasteiger partial charge in [0.2, 0.25) is 0 Å². The molecule has 2 aliphatic heterocycles. The van der Waals surface area contributed by atoms with Crippen molar-refractivity contribution in [2.45, 2.75) is 38.7 Å². The van der Waals surface area contributed by atoms with E-state index in [1.54, 1.807) is 0 Å².